The summed E-state index contributed by atoms with van der Waals surface area (Å²) < 4.78 is 2.32. The topological polar surface area (TPSA) is 50.9 Å². The van der Waals surface area contributed by atoms with Crippen molar-refractivity contribution in [3.8, 4) is 0 Å². The standard InChI is InChI=1S/C18H22ClN3O/c19-14-8-6-13(7-9-14)18(11-15(23)12-18)17-21-20-16-5-3-1-2-4-10-22(16)17/h6-9,15,23H,1-5,10-12H2/t15-,18+. The summed E-state index contributed by atoms with van der Waals surface area (Å²) in [6, 6.07) is 7.99. The van der Waals surface area contributed by atoms with E-state index in [0.29, 0.717) is 12.8 Å². The van der Waals surface area contributed by atoms with E-state index in [-0.39, 0.29) is 11.5 Å². The molecule has 0 saturated heterocycles. The van der Waals surface area contributed by atoms with Crippen molar-refractivity contribution < 1.29 is 5.11 Å². The predicted octanol–water partition coefficient (Wildman–Crippen LogP) is 3.49. The van der Waals surface area contributed by atoms with Gasteiger partial charge in [-0.1, -0.05) is 36.6 Å². The molecule has 1 saturated carbocycles. The minimum atomic E-state index is -0.257. The Labute approximate surface area is 141 Å². The molecule has 1 N–H and O–H groups in total. The highest BCUT2D eigenvalue weighted by molar-refractivity contribution is 6.30. The fourth-order valence-electron chi connectivity index (χ4n) is 4.08. The lowest BCUT2D eigenvalue weighted by molar-refractivity contribution is 0.0317. The van der Waals surface area contributed by atoms with Crippen LogP contribution in [0.4, 0.5) is 0 Å². The van der Waals surface area contributed by atoms with Crippen LogP contribution in [0, 0.1) is 0 Å². The second-order valence-electron chi connectivity index (χ2n) is 6.91. The zero-order valence-electron chi connectivity index (χ0n) is 13.2. The average Bonchev–Trinajstić information content (AvgIpc) is 2.86. The summed E-state index contributed by atoms with van der Waals surface area (Å²) in [6.07, 6.45) is 7.10. The summed E-state index contributed by atoms with van der Waals surface area (Å²) in [5.41, 5.74) is 0.971. The van der Waals surface area contributed by atoms with Crippen molar-refractivity contribution in [1.82, 2.24) is 14.8 Å². The van der Waals surface area contributed by atoms with Crippen LogP contribution >= 0.6 is 11.6 Å². The summed E-state index contributed by atoms with van der Waals surface area (Å²) in [4.78, 5) is 0. The molecule has 4 rings (SSSR count). The van der Waals surface area contributed by atoms with Crippen LogP contribution in [-0.4, -0.2) is 26.0 Å². The third kappa shape index (κ3) is 2.58. The molecule has 0 atom stereocenters. The van der Waals surface area contributed by atoms with E-state index in [1.807, 2.05) is 12.1 Å². The van der Waals surface area contributed by atoms with Gasteiger partial charge in [0.2, 0.25) is 0 Å². The quantitative estimate of drug-likeness (QED) is 0.916. The fraction of sp³-hybridized carbons (Fsp3) is 0.556. The molecule has 4 nitrogen and oxygen atoms in total. The van der Waals surface area contributed by atoms with Crippen LogP contribution in [-0.2, 0) is 18.4 Å². The number of aromatic nitrogens is 3. The third-order valence-corrected chi connectivity index (χ3v) is 5.60. The molecule has 0 amide bonds. The summed E-state index contributed by atoms with van der Waals surface area (Å²) in [5.74, 6) is 2.14. The molecule has 23 heavy (non-hydrogen) atoms. The summed E-state index contributed by atoms with van der Waals surface area (Å²) in [6.45, 7) is 0.989. The normalized spacial score (nSPS) is 27.7. The van der Waals surface area contributed by atoms with E-state index in [0.717, 1.165) is 29.6 Å². The first-order valence-electron chi connectivity index (χ1n) is 8.56. The summed E-state index contributed by atoms with van der Waals surface area (Å²) >= 11 is 6.05. The number of aliphatic hydroxyl groups is 1. The Kier molecular flexibility index (Phi) is 3.90. The highest BCUT2D eigenvalue weighted by Crippen LogP contribution is 2.48. The van der Waals surface area contributed by atoms with Crippen LogP contribution in [0.1, 0.15) is 55.7 Å². The number of aryl methyl sites for hydroxylation is 1. The van der Waals surface area contributed by atoms with Gasteiger partial charge in [0.1, 0.15) is 11.6 Å². The molecule has 0 radical (unpaired) electrons. The Morgan fingerprint density at radius 2 is 1.78 bits per heavy atom. The van der Waals surface area contributed by atoms with E-state index in [9.17, 15) is 5.11 Å². The highest BCUT2D eigenvalue weighted by atomic mass is 35.5. The van der Waals surface area contributed by atoms with Gasteiger partial charge >= 0.3 is 0 Å². The van der Waals surface area contributed by atoms with Gasteiger partial charge in [0, 0.05) is 18.0 Å². The third-order valence-electron chi connectivity index (χ3n) is 5.35. The smallest absolute Gasteiger partial charge is 0.143 e. The largest absolute Gasteiger partial charge is 0.393 e. The first-order valence-corrected chi connectivity index (χ1v) is 8.93. The Balaban J connectivity index is 1.78. The lowest BCUT2D eigenvalue weighted by Gasteiger charge is -2.45. The highest BCUT2D eigenvalue weighted by Gasteiger charge is 2.50. The van der Waals surface area contributed by atoms with Crippen LogP contribution in [0.2, 0.25) is 5.02 Å². The van der Waals surface area contributed by atoms with Gasteiger partial charge < -0.3 is 9.67 Å². The van der Waals surface area contributed by atoms with Crippen LogP contribution in [0.5, 0.6) is 0 Å². The Hall–Kier alpha value is -1.39. The minimum Gasteiger partial charge on any atom is -0.393 e. The minimum absolute atomic E-state index is 0.214. The van der Waals surface area contributed by atoms with E-state index in [2.05, 4.69) is 26.9 Å². The maximum absolute atomic E-state index is 10.0. The first kappa shape index (κ1) is 15.2. The number of halogens is 1. The molecule has 2 heterocycles. The summed E-state index contributed by atoms with van der Waals surface area (Å²) in [5, 5.41) is 19.8. The van der Waals surface area contributed by atoms with Crippen LogP contribution in [0.3, 0.4) is 0 Å². The molecule has 1 aliphatic carbocycles. The molecule has 0 bridgehead atoms. The number of benzene rings is 1. The van der Waals surface area contributed by atoms with Gasteiger partial charge in [0.25, 0.3) is 0 Å². The van der Waals surface area contributed by atoms with Crippen molar-refractivity contribution in [2.24, 2.45) is 0 Å². The van der Waals surface area contributed by atoms with E-state index in [4.69, 9.17) is 11.6 Å². The van der Waals surface area contributed by atoms with Crippen molar-refractivity contribution in [1.29, 1.82) is 0 Å². The molecule has 1 aromatic heterocycles. The predicted molar refractivity (Wildman–Crippen MR) is 89.7 cm³/mol. The fourth-order valence-corrected chi connectivity index (χ4v) is 4.20. The first-order chi connectivity index (χ1) is 11.2. The lowest BCUT2D eigenvalue weighted by atomic mass is 9.62. The molecular weight excluding hydrogens is 310 g/mol. The maximum Gasteiger partial charge on any atom is 0.143 e. The van der Waals surface area contributed by atoms with E-state index >= 15 is 0 Å². The number of nitrogens with zero attached hydrogens (tertiary/aromatic N) is 3. The molecule has 2 aliphatic rings. The van der Waals surface area contributed by atoms with E-state index in [1.54, 1.807) is 0 Å². The molecule has 0 unspecified atom stereocenters. The van der Waals surface area contributed by atoms with Gasteiger partial charge in [-0.15, -0.1) is 10.2 Å². The maximum atomic E-state index is 10.0. The Bertz CT molecular complexity index is 689. The van der Waals surface area contributed by atoms with Gasteiger partial charge in [-0.25, -0.2) is 0 Å². The van der Waals surface area contributed by atoms with Crippen molar-refractivity contribution in [3.05, 3.63) is 46.5 Å². The van der Waals surface area contributed by atoms with Crippen molar-refractivity contribution in [2.45, 2.75) is 63.0 Å². The monoisotopic (exact) mass is 331 g/mol. The van der Waals surface area contributed by atoms with E-state index in [1.165, 1.54) is 31.2 Å². The van der Waals surface area contributed by atoms with Crippen molar-refractivity contribution in [3.63, 3.8) is 0 Å². The van der Waals surface area contributed by atoms with Gasteiger partial charge in [-0.2, -0.15) is 0 Å². The molecule has 1 fully saturated rings. The lowest BCUT2D eigenvalue weighted by Crippen LogP contribution is -2.47. The van der Waals surface area contributed by atoms with Gasteiger partial charge in [0.05, 0.1) is 11.5 Å². The van der Waals surface area contributed by atoms with Crippen LogP contribution in [0.15, 0.2) is 24.3 Å². The Morgan fingerprint density at radius 1 is 1.04 bits per heavy atom. The molecule has 1 aromatic carbocycles. The van der Waals surface area contributed by atoms with Crippen molar-refractivity contribution >= 4 is 11.6 Å². The zero-order valence-corrected chi connectivity index (χ0v) is 14.0. The van der Waals surface area contributed by atoms with Crippen LogP contribution < -0.4 is 0 Å². The second-order valence-corrected chi connectivity index (χ2v) is 7.34. The molecule has 5 heteroatoms. The van der Waals surface area contributed by atoms with Gasteiger partial charge in [0.15, 0.2) is 0 Å². The van der Waals surface area contributed by atoms with Crippen LogP contribution in [0.25, 0.3) is 0 Å². The number of hydrogen-bond donors (Lipinski definition) is 1. The molecule has 0 spiro atoms. The number of aliphatic hydroxyl groups excluding tert-OH is 1. The number of hydrogen-bond acceptors (Lipinski definition) is 3. The second kappa shape index (κ2) is 5.91. The summed E-state index contributed by atoms with van der Waals surface area (Å²) in [7, 11) is 0. The number of rotatable bonds is 2. The Morgan fingerprint density at radius 3 is 2.52 bits per heavy atom. The van der Waals surface area contributed by atoms with Gasteiger partial charge in [-0.3, -0.25) is 0 Å². The van der Waals surface area contributed by atoms with Crippen molar-refractivity contribution in [2.75, 3.05) is 0 Å². The number of fused-ring (bicyclic) bond motifs is 1. The molecular formula is C18H22ClN3O. The molecule has 122 valence electrons. The average molecular weight is 332 g/mol. The van der Waals surface area contributed by atoms with Gasteiger partial charge in [-0.05, 0) is 43.4 Å². The molecule has 2 aromatic rings. The molecule has 1 aliphatic heterocycles. The zero-order chi connectivity index (χ0) is 15.9. The van der Waals surface area contributed by atoms with E-state index < -0.39 is 0 Å². The SMILES string of the molecule is O[C@H]1C[C@@](c2ccc(Cl)cc2)(c2nnc3n2CCCCCC3)C1.